The Kier molecular flexibility index (Phi) is 4.30. The summed E-state index contributed by atoms with van der Waals surface area (Å²) in [6, 6.07) is 12.9. The number of aromatic nitrogens is 1. The molecule has 0 aliphatic carbocycles. The monoisotopic (exact) mass is 371 g/mol. The molecule has 0 unspecified atom stereocenters. The van der Waals surface area contributed by atoms with E-state index < -0.39 is 5.97 Å². The van der Waals surface area contributed by atoms with Crippen molar-refractivity contribution >= 4 is 33.7 Å². The van der Waals surface area contributed by atoms with Crippen LogP contribution < -0.4 is 0 Å². The van der Waals surface area contributed by atoms with Crippen molar-refractivity contribution in [1.82, 2.24) is 4.40 Å². The van der Waals surface area contributed by atoms with Gasteiger partial charge >= 0.3 is 5.97 Å². The molecule has 3 rings (SSSR count). The van der Waals surface area contributed by atoms with Crippen LogP contribution in [0.3, 0.4) is 0 Å². The first-order valence-electron chi connectivity index (χ1n) is 7.19. The van der Waals surface area contributed by atoms with Gasteiger partial charge in [-0.3, -0.25) is 4.79 Å². The predicted molar refractivity (Wildman–Crippen MR) is 91.9 cm³/mol. The summed E-state index contributed by atoms with van der Waals surface area (Å²) < 4.78 is 7.74. The molecule has 23 heavy (non-hydrogen) atoms. The Morgan fingerprint density at radius 1 is 1.22 bits per heavy atom. The summed E-state index contributed by atoms with van der Waals surface area (Å²) in [4.78, 5) is 24.3. The highest BCUT2D eigenvalue weighted by molar-refractivity contribution is 9.10. The van der Waals surface area contributed by atoms with Crippen LogP contribution in [-0.4, -0.2) is 23.3 Å². The third-order valence-electron chi connectivity index (χ3n) is 3.62. The van der Waals surface area contributed by atoms with Crippen LogP contribution in [0.4, 0.5) is 0 Å². The maximum atomic E-state index is 12.5. The average molecular weight is 372 g/mol. The summed E-state index contributed by atoms with van der Waals surface area (Å²) in [6.07, 6.45) is 2.53. The Hall–Kier alpha value is -2.40. The van der Waals surface area contributed by atoms with Crippen molar-refractivity contribution in [2.75, 3.05) is 6.61 Å². The van der Waals surface area contributed by atoms with Gasteiger partial charge in [0.2, 0.25) is 0 Å². The molecule has 0 aliphatic rings. The molecule has 0 fully saturated rings. The highest BCUT2D eigenvalue weighted by Gasteiger charge is 2.26. The molecule has 0 N–H and O–H groups in total. The molecule has 0 radical (unpaired) electrons. The van der Waals surface area contributed by atoms with Crippen LogP contribution in [0.5, 0.6) is 0 Å². The van der Waals surface area contributed by atoms with Crippen LogP contribution in [0.1, 0.15) is 27.8 Å². The summed E-state index contributed by atoms with van der Waals surface area (Å²) in [5, 5.41) is 0. The van der Waals surface area contributed by atoms with Gasteiger partial charge in [-0.05, 0) is 30.7 Å². The summed E-state index contributed by atoms with van der Waals surface area (Å²) in [7, 11) is 0. The number of aldehydes is 1. The van der Waals surface area contributed by atoms with Crippen LogP contribution in [0.25, 0.3) is 16.6 Å². The predicted octanol–water partition coefficient (Wildman–Crippen LogP) is 4.36. The number of rotatable bonds is 4. The van der Waals surface area contributed by atoms with Gasteiger partial charge in [0.15, 0.2) is 6.29 Å². The van der Waals surface area contributed by atoms with Gasteiger partial charge in [-0.2, -0.15) is 0 Å². The van der Waals surface area contributed by atoms with E-state index in [1.165, 1.54) is 0 Å². The number of benzene rings is 1. The van der Waals surface area contributed by atoms with Gasteiger partial charge in [-0.1, -0.05) is 40.2 Å². The minimum Gasteiger partial charge on any atom is -0.462 e. The molecule has 0 saturated carbocycles. The van der Waals surface area contributed by atoms with Crippen molar-refractivity contribution in [3.63, 3.8) is 0 Å². The number of halogens is 1. The molecule has 2 aromatic heterocycles. The van der Waals surface area contributed by atoms with Crippen molar-refractivity contribution in [2.45, 2.75) is 6.92 Å². The Bertz CT molecular complexity index is 898. The minimum atomic E-state index is -0.435. The van der Waals surface area contributed by atoms with E-state index in [1.807, 2.05) is 36.4 Å². The molecular formula is C18H14BrNO3. The molecular weight excluding hydrogens is 358 g/mol. The number of ether oxygens (including phenoxy) is 1. The zero-order chi connectivity index (χ0) is 16.4. The number of hydrogen-bond acceptors (Lipinski definition) is 3. The molecule has 5 heteroatoms. The zero-order valence-corrected chi connectivity index (χ0v) is 14.0. The number of hydrogen-bond donors (Lipinski definition) is 0. The van der Waals surface area contributed by atoms with Crippen molar-refractivity contribution < 1.29 is 14.3 Å². The van der Waals surface area contributed by atoms with Gasteiger partial charge < -0.3 is 9.14 Å². The summed E-state index contributed by atoms with van der Waals surface area (Å²) >= 11 is 3.50. The number of esters is 1. The Morgan fingerprint density at radius 2 is 1.96 bits per heavy atom. The Labute approximate surface area is 141 Å². The lowest BCUT2D eigenvalue weighted by Crippen LogP contribution is -2.06. The van der Waals surface area contributed by atoms with Crippen LogP contribution >= 0.6 is 15.9 Å². The standard InChI is InChI=1S/C18H14BrNO3/c1-2-23-18(22)17-14-9-5-6-10-20(14)15(11-21)16(17)12-7-3-4-8-13(12)19/h3-11H,2H2,1H3. The second kappa shape index (κ2) is 6.38. The number of carbonyl (C=O) groups excluding carboxylic acids is 2. The van der Waals surface area contributed by atoms with Gasteiger partial charge in [0.25, 0.3) is 0 Å². The van der Waals surface area contributed by atoms with Crippen LogP contribution in [-0.2, 0) is 4.74 Å². The lowest BCUT2D eigenvalue weighted by atomic mass is 10.0. The third-order valence-corrected chi connectivity index (χ3v) is 4.31. The minimum absolute atomic E-state index is 0.273. The fourth-order valence-electron chi connectivity index (χ4n) is 2.70. The molecule has 4 nitrogen and oxygen atoms in total. The smallest absolute Gasteiger partial charge is 0.340 e. The molecule has 3 aromatic rings. The van der Waals surface area contributed by atoms with Crippen molar-refractivity contribution in [2.24, 2.45) is 0 Å². The maximum Gasteiger partial charge on any atom is 0.340 e. The number of pyridine rings is 1. The Morgan fingerprint density at radius 3 is 2.65 bits per heavy atom. The molecule has 0 amide bonds. The number of nitrogens with zero attached hydrogens (tertiary/aromatic N) is 1. The highest BCUT2D eigenvalue weighted by Crippen LogP contribution is 2.37. The largest absolute Gasteiger partial charge is 0.462 e. The van der Waals surface area contributed by atoms with E-state index in [9.17, 15) is 9.59 Å². The number of fused-ring (bicyclic) bond motifs is 1. The summed E-state index contributed by atoms with van der Waals surface area (Å²) in [5.74, 6) is -0.435. The maximum absolute atomic E-state index is 12.5. The normalized spacial score (nSPS) is 10.7. The molecule has 2 heterocycles. The first-order valence-corrected chi connectivity index (χ1v) is 7.98. The SMILES string of the molecule is CCOC(=O)c1c(-c2ccccc2Br)c(C=O)n2ccccc12. The molecule has 0 aliphatic heterocycles. The first kappa shape index (κ1) is 15.5. The lowest BCUT2D eigenvalue weighted by molar-refractivity contribution is 0.0529. The molecule has 0 atom stereocenters. The second-order valence-corrected chi connectivity index (χ2v) is 5.76. The fraction of sp³-hybridized carbons (Fsp3) is 0.111. The van der Waals surface area contributed by atoms with E-state index in [2.05, 4.69) is 15.9 Å². The van der Waals surface area contributed by atoms with Crippen molar-refractivity contribution in [1.29, 1.82) is 0 Å². The van der Waals surface area contributed by atoms with Gasteiger partial charge in [-0.25, -0.2) is 4.79 Å². The second-order valence-electron chi connectivity index (χ2n) is 4.91. The van der Waals surface area contributed by atoms with E-state index in [1.54, 1.807) is 23.6 Å². The van der Waals surface area contributed by atoms with E-state index >= 15 is 0 Å². The van der Waals surface area contributed by atoms with E-state index in [4.69, 9.17) is 4.74 Å². The van der Waals surface area contributed by atoms with Crippen LogP contribution in [0, 0.1) is 0 Å². The number of carbonyl (C=O) groups is 2. The fourth-order valence-corrected chi connectivity index (χ4v) is 3.18. The van der Waals surface area contributed by atoms with E-state index in [0.29, 0.717) is 22.3 Å². The van der Waals surface area contributed by atoms with Gasteiger partial charge in [-0.15, -0.1) is 0 Å². The van der Waals surface area contributed by atoms with Crippen LogP contribution in [0.2, 0.25) is 0 Å². The first-order chi connectivity index (χ1) is 11.2. The van der Waals surface area contributed by atoms with Gasteiger partial charge in [0.05, 0.1) is 23.4 Å². The molecule has 0 spiro atoms. The zero-order valence-electron chi connectivity index (χ0n) is 12.5. The van der Waals surface area contributed by atoms with Crippen molar-refractivity contribution in [3.05, 3.63) is 64.4 Å². The summed E-state index contributed by atoms with van der Waals surface area (Å²) in [6.45, 7) is 2.03. The lowest BCUT2D eigenvalue weighted by Gasteiger charge is -2.07. The quantitative estimate of drug-likeness (QED) is 0.505. The highest BCUT2D eigenvalue weighted by atomic mass is 79.9. The molecule has 0 bridgehead atoms. The van der Waals surface area contributed by atoms with Gasteiger partial charge in [0.1, 0.15) is 0 Å². The van der Waals surface area contributed by atoms with E-state index in [0.717, 1.165) is 16.3 Å². The third kappa shape index (κ3) is 2.57. The average Bonchev–Trinajstić information content (AvgIpc) is 2.89. The Balaban J connectivity index is 2.43. The van der Waals surface area contributed by atoms with Crippen molar-refractivity contribution in [3.8, 4) is 11.1 Å². The van der Waals surface area contributed by atoms with E-state index in [-0.39, 0.29) is 6.61 Å². The summed E-state index contributed by atoms with van der Waals surface area (Å²) in [5.41, 5.74) is 2.84. The molecule has 116 valence electrons. The van der Waals surface area contributed by atoms with Crippen LogP contribution in [0.15, 0.2) is 53.1 Å². The molecule has 1 aromatic carbocycles. The molecule has 0 saturated heterocycles. The van der Waals surface area contributed by atoms with Gasteiger partial charge in [0, 0.05) is 16.2 Å². The topological polar surface area (TPSA) is 47.8 Å².